The van der Waals surface area contributed by atoms with Crippen LogP contribution in [0.3, 0.4) is 0 Å². The smallest absolute Gasteiger partial charge is 0.347 e. The van der Waals surface area contributed by atoms with Crippen LogP contribution in [0, 0.1) is 0 Å². The highest BCUT2D eigenvalue weighted by molar-refractivity contribution is 9.10. The van der Waals surface area contributed by atoms with Crippen LogP contribution >= 0.6 is 15.9 Å². The Balaban J connectivity index is 1.36. The lowest BCUT2D eigenvalue weighted by molar-refractivity contribution is -0.149. The summed E-state index contributed by atoms with van der Waals surface area (Å²) in [5.74, 6) is 0.500. The minimum atomic E-state index is -0.596. The first-order chi connectivity index (χ1) is 17.1. The second-order valence-corrected chi connectivity index (χ2v) is 8.30. The Morgan fingerprint density at radius 1 is 1.00 bits per heavy atom. The van der Waals surface area contributed by atoms with Crippen molar-refractivity contribution >= 4 is 39.0 Å². The molecule has 1 aromatic heterocycles. The monoisotopic (exact) mass is 535 g/mol. The summed E-state index contributed by atoms with van der Waals surface area (Å²) in [7, 11) is 0. The summed E-state index contributed by atoms with van der Waals surface area (Å²) in [5, 5.41) is 4.25. The Bertz CT molecular complexity index is 1370. The first-order valence-corrected chi connectivity index (χ1v) is 11.6. The Hall–Kier alpha value is -3.98. The van der Waals surface area contributed by atoms with Gasteiger partial charge in [0.25, 0.3) is 5.56 Å². The van der Waals surface area contributed by atoms with E-state index in [4.69, 9.17) is 14.3 Å². The van der Waals surface area contributed by atoms with Crippen molar-refractivity contribution in [3.8, 4) is 5.75 Å². The number of fused-ring (bicyclic) bond motifs is 1. The third-order valence-corrected chi connectivity index (χ3v) is 5.49. The topological polar surface area (TPSA) is 92.0 Å². The maximum absolute atomic E-state index is 13.1. The molecule has 0 saturated carbocycles. The van der Waals surface area contributed by atoms with Gasteiger partial charge in [0.05, 0.1) is 23.7 Å². The van der Waals surface area contributed by atoms with E-state index in [1.807, 2.05) is 60.7 Å². The van der Waals surface area contributed by atoms with Crippen molar-refractivity contribution in [1.82, 2.24) is 9.55 Å². The molecule has 9 heteroatoms. The van der Waals surface area contributed by atoms with Crippen LogP contribution in [0.15, 0.2) is 93.3 Å². The lowest BCUT2D eigenvalue weighted by Crippen LogP contribution is -2.29. The number of hydrogen-bond donors (Lipinski definition) is 0. The Morgan fingerprint density at radius 3 is 2.54 bits per heavy atom. The van der Waals surface area contributed by atoms with Crippen molar-refractivity contribution in [3.63, 3.8) is 0 Å². The van der Waals surface area contributed by atoms with Crippen molar-refractivity contribution in [1.29, 1.82) is 0 Å². The van der Waals surface area contributed by atoms with Crippen LogP contribution in [0.5, 0.6) is 5.75 Å². The predicted molar refractivity (Wildman–Crippen MR) is 135 cm³/mol. The molecule has 0 N–H and O–H groups in total. The lowest BCUT2D eigenvalue weighted by Gasteiger charge is -2.14. The molecular formula is C26H22BrN3O5. The lowest BCUT2D eigenvalue weighted by atomic mass is 10.2. The summed E-state index contributed by atoms with van der Waals surface area (Å²) in [4.78, 5) is 34.7. The number of benzene rings is 3. The minimum absolute atomic E-state index is 0.0309. The van der Waals surface area contributed by atoms with Crippen LogP contribution in [0.1, 0.15) is 11.4 Å². The van der Waals surface area contributed by atoms with Crippen LogP contribution < -0.4 is 10.3 Å². The molecule has 0 unspecified atom stereocenters. The summed E-state index contributed by atoms with van der Waals surface area (Å²) >= 11 is 3.36. The Kier molecular flexibility index (Phi) is 8.24. The first kappa shape index (κ1) is 24.2. The largest absolute Gasteiger partial charge is 0.486 e. The summed E-state index contributed by atoms with van der Waals surface area (Å²) in [6.45, 7) is -0.164. The molecule has 0 aliphatic rings. The van der Waals surface area contributed by atoms with Crippen molar-refractivity contribution in [2.24, 2.45) is 5.16 Å². The van der Waals surface area contributed by atoms with E-state index in [0.717, 1.165) is 10.0 Å². The fraction of sp³-hybridized carbons (Fsp3) is 0.154. The number of carbonyl (C=O) groups excluding carboxylic acids is 1. The van der Waals surface area contributed by atoms with E-state index in [0.29, 0.717) is 22.5 Å². The molecule has 178 valence electrons. The molecule has 0 aliphatic heterocycles. The average molecular weight is 536 g/mol. The highest BCUT2D eigenvalue weighted by Crippen LogP contribution is 2.13. The van der Waals surface area contributed by atoms with E-state index in [1.165, 1.54) is 10.8 Å². The third kappa shape index (κ3) is 6.77. The SMILES string of the molecule is O=C(CON=Cc1ccc(Br)cc1)OCCn1c(COc2ccccc2)nc2ccccc2c1=O. The van der Waals surface area contributed by atoms with Gasteiger partial charge in [-0.3, -0.25) is 9.36 Å². The molecule has 0 aliphatic carbocycles. The van der Waals surface area contributed by atoms with Gasteiger partial charge in [-0.2, -0.15) is 0 Å². The van der Waals surface area contributed by atoms with Gasteiger partial charge in [0.2, 0.25) is 6.61 Å². The van der Waals surface area contributed by atoms with Crippen molar-refractivity contribution in [2.45, 2.75) is 13.2 Å². The van der Waals surface area contributed by atoms with E-state index in [1.54, 1.807) is 18.2 Å². The molecule has 0 bridgehead atoms. The van der Waals surface area contributed by atoms with E-state index in [-0.39, 0.29) is 31.9 Å². The van der Waals surface area contributed by atoms with Crippen LogP contribution in [0.25, 0.3) is 10.9 Å². The summed E-state index contributed by atoms with van der Waals surface area (Å²) in [5.41, 5.74) is 1.18. The Labute approximate surface area is 209 Å². The van der Waals surface area contributed by atoms with Gasteiger partial charge in [-0.15, -0.1) is 0 Å². The molecule has 4 rings (SSSR count). The Morgan fingerprint density at radius 2 is 1.74 bits per heavy atom. The zero-order chi connectivity index (χ0) is 24.5. The molecule has 1 heterocycles. The third-order valence-electron chi connectivity index (χ3n) is 4.96. The standard InChI is InChI=1S/C26H22BrN3O5/c27-20-12-10-19(11-13-20)16-28-35-18-25(31)33-15-14-30-24(17-34-21-6-2-1-3-7-21)29-23-9-5-4-8-22(23)26(30)32/h1-13,16H,14-15,17-18H2. The van der Waals surface area contributed by atoms with Gasteiger partial charge < -0.3 is 14.3 Å². The molecule has 0 spiro atoms. The fourth-order valence-electron chi connectivity index (χ4n) is 3.25. The number of nitrogens with zero attached hydrogens (tertiary/aromatic N) is 3. The van der Waals surface area contributed by atoms with Gasteiger partial charge in [0, 0.05) is 4.47 Å². The summed E-state index contributed by atoms with van der Waals surface area (Å²) < 4.78 is 13.4. The summed E-state index contributed by atoms with van der Waals surface area (Å²) in [6.07, 6.45) is 1.50. The first-order valence-electron chi connectivity index (χ1n) is 10.8. The quantitative estimate of drug-likeness (QED) is 0.170. The van der Waals surface area contributed by atoms with Crippen molar-refractivity contribution in [2.75, 3.05) is 13.2 Å². The highest BCUT2D eigenvalue weighted by atomic mass is 79.9. The number of esters is 1. The van der Waals surface area contributed by atoms with E-state index < -0.39 is 5.97 Å². The number of halogens is 1. The zero-order valence-corrected chi connectivity index (χ0v) is 20.3. The number of rotatable bonds is 10. The second-order valence-electron chi connectivity index (χ2n) is 7.38. The maximum Gasteiger partial charge on any atom is 0.347 e. The van der Waals surface area contributed by atoms with Crippen LogP contribution in [0.2, 0.25) is 0 Å². The molecule has 0 amide bonds. The summed E-state index contributed by atoms with van der Waals surface area (Å²) in [6, 6.07) is 23.8. The maximum atomic E-state index is 13.1. The van der Waals surface area contributed by atoms with Gasteiger partial charge in [0.1, 0.15) is 24.8 Å². The molecule has 0 saturated heterocycles. The molecule has 0 fully saturated rings. The van der Waals surface area contributed by atoms with Crippen molar-refractivity contribution in [3.05, 3.63) is 105 Å². The number of para-hydroxylation sites is 2. The van der Waals surface area contributed by atoms with Crippen LogP contribution in [0.4, 0.5) is 0 Å². The van der Waals surface area contributed by atoms with Gasteiger partial charge >= 0.3 is 5.97 Å². The minimum Gasteiger partial charge on any atom is -0.486 e. The zero-order valence-electron chi connectivity index (χ0n) is 18.7. The molecule has 35 heavy (non-hydrogen) atoms. The molecule has 0 atom stereocenters. The van der Waals surface area contributed by atoms with Crippen LogP contribution in [-0.4, -0.2) is 34.9 Å². The highest BCUT2D eigenvalue weighted by Gasteiger charge is 2.13. The molecule has 0 radical (unpaired) electrons. The van der Waals surface area contributed by atoms with Gasteiger partial charge in [-0.1, -0.05) is 63.6 Å². The van der Waals surface area contributed by atoms with Gasteiger partial charge in [-0.05, 0) is 42.0 Å². The number of carbonyl (C=O) groups is 1. The average Bonchev–Trinajstić information content (AvgIpc) is 2.88. The van der Waals surface area contributed by atoms with E-state index in [2.05, 4.69) is 26.1 Å². The predicted octanol–water partition coefficient (Wildman–Crippen LogP) is 4.33. The number of aromatic nitrogens is 2. The second kappa shape index (κ2) is 11.9. The van der Waals surface area contributed by atoms with Crippen LogP contribution in [-0.2, 0) is 27.5 Å². The number of oxime groups is 1. The number of hydrogen-bond acceptors (Lipinski definition) is 7. The van der Waals surface area contributed by atoms with Gasteiger partial charge in [0.15, 0.2) is 0 Å². The molecule has 8 nitrogen and oxygen atoms in total. The molecule has 3 aromatic carbocycles. The normalized spacial score (nSPS) is 11.0. The van der Waals surface area contributed by atoms with Crippen molar-refractivity contribution < 1.29 is 19.1 Å². The fourth-order valence-corrected chi connectivity index (χ4v) is 3.51. The van der Waals surface area contributed by atoms with E-state index >= 15 is 0 Å². The van der Waals surface area contributed by atoms with E-state index in [9.17, 15) is 9.59 Å². The number of ether oxygens (including phenoxy) is 2. The molecular weight excluding hydrogens is 514 g/mol. The molecule has 4 aromatic rings. The van der Waals surface area contributed by atoms with Gasteiger partial charge in [-0.25, -0.2) is 9.78 Å².